The highest BCUT2D eigenvalue weighted by Gasteiger charge is 2.30. The van der Waals surface area contributed by atoms with E-state index in [2.05, 4.69) is 15.6 Å². The molecular weight excluding hydrogens is 311 g/mol. The van der Waals surface area contributed by atoms with Crippen molar-refractivity contribution in [2.75, 3.05) is 0 Å². The van der Waals surface area contributed by atoms with E-state index in [9.17, 15) is 9.18 Å². The molecule has 6 nitrogen and oxygen atoms in total. The Morgan fingerprint density at radius 1 is 1.42 bits per heavy atom. The first-order valence-electron chi connectivity index (χ1n) is 7.73. The molecule has 0 saturated carbocycles. The van der Waals surface area contributed by atoms with Crippen LogP contribution in [0.2, 0.25) is 0 Å². The molecular formula is C17H19FN4O2. The number of nitrogens with zero attached hydrogens (tertiary/aromatic N) is 3. The predicted molar refractivity (Wildman–Crippen MR) is 86.9 cm³/mol. The second kappa shape index (κ2) is 6.43. The lowest BCUT2D eigenvalue weighted by atomic mass is 10.0. The number of aromatic nitrogens is 2. The number of carbonyl (C=O) groups excluding carboxylic acids is 1. The van der Waals surface area contributed by atoms with Gasteiger partial charge in [0.15, 0.2) is 0 Å². The molecule has 1 aliphatic heterocycles. The molecule has 0 bridgehead atoms. The summed E-state index contributed by atoms with van der Waals surface area (Å²) in [5, 5.41) is 11.1. The van der Waals surface area contributed by atoms with Crippen molar-refractivity contribution in [1.29, 1.82) is 0 Å². The molecule has 0 radical (unpaired) electrons. The third-order valence-electron chi connectivity index (χ3n) is 4.24. The van der Waals surface area contributed by atoms with Crippen LogP contribution in [-0.2, 0) is 16.7 Å². The largest absolute Gasteiger partial charge is 0.382 e. The lowest BCUT2D eigenvalue weighted by Crippen LogP contribution is -2.36. The Kier molecular flexibility index (Phi) is 4.33. The Hall–Kier alpha value is -2.70. The Morgan fingerprint density at radius 2 is 2.12 bits per heavy atom. The van der Waals surface area contributed by atoms with Crippen LogP contribution in [0.5, 0.6) is 0 Å². The molecule has 1 N–H and O–H groups in total. The van der Waals surface area contributed by atoms with E-state index >= 15 is 0 Å². The van der Waals surface area contributed by atoms with E-state index in [1.165, 1.54) is 12.1 Å². The highest BCUT2D eigenvalue weighted by atomic mass is 19.1. The Morgan fingerprint density at radius 3 is 2.75 bits per heavy atom. The van der Waals surface area contributed by atoms with E-state index in [4.69, 9.17) is 4.84 Å². The zero-order valence-corrected chi connectivity index (χ0v) is 13.8. The van der Waals surface area contributed by atoms with Crippen LogP contribution in [0.25, 0.3) is 0 Å². The molecule has 0 spiro atoms. The first-order valence-corrected chi connectivity index (χ1v) is 7.73. The summed E-state index contributed by atoms with van der Waals surface area (Å²) in [6, 6.07) is 5.79. The molecule has 7 heteroatoms. The van der Waals surface area contributed by atoms with Crippen LogP contribution in [0.1, 0.15) is 36.2 Å². The van der Waals surface area contributed by atoms with Gasteiger partial charge in [0.2, 0.25) is 6.10 Å². The summed E-state index contributed by atoms with van der Waals surface area (Å²) in [5.74, 6) is -0.542. The fourth-order valence-electron chi connectivity index (χ4n) is 2.66. The Bertz CT molecular complexity index is 782. The minimum Gasteiger partial charge on any atom is -0.382 e. The van der Waals surface area contributed by atoms with Gasteiger partial charge in [-0.1, -0.05) is 17.3 Å². The number of halogens is 1. The van der Waals surface area contributed by atoms with E-state index in [1.807, 2.05) is 20.9 Å². The summed E-state index contributed by atoms with van der Waals surface area (Å²) in [7, 11) is 1.86. The van der Waals surface area contributed by atoms with E-state index in [0.29, 0.717) is 12.1 Å². The van der Waals surface area contributed by atoms with Crippen molar-refractivity contribution in [2.45, 2.75) is 32.4 Å². The molecule has 1 aliphatic rings. The second-order valence-corrected chi connectivity index (χ2v) is 5.88. The van der Waals surface area contributed by atoms with Gasteiger partial charge in [0.25, 0.3) is 5.91 Å². The van der Waals surface area contributed by atoms with Gasteiger partial charge >= 0.3 is 0 Å². The summed E-state index contributed by atoms with van der Waals surface area (Å²) in [6.07, 6.45) is 1.43. The van der Waals surface area contributed by atoms with Crippen molar-refractivity contribution in [1.82, 2.24) is 15.1 Å². The number of benzene rings is 1. The van der Waals surface area contributed by atoms with Crippen molar-refractivity contribution >= 4 is 11.6 Å². The number of amides is 1. The van der Waals surface area contributed by atoms with Crippen molar-refractivity contribution in [3.63, 3.8) is 0 Å². The summed E-state index contributed by atoms with van der Waals surface area (Å²) in [6.45, 7) is 3.85. The zero-order chi connectivity index (χ0) is 17.3. The number of hydrogen-bond acceptors (Lipinski definition) is 4. The average Bonchev–Trinajstić information content (AvgIpc) is 3.16. The van der Waals surface area contributed by atoms with E-state index in [1.54, 1.807) is 23.0 Å². The summed E-state index contributed by atoms with van der Waals surface area (Å²) in [5.41, 5.74) is 3.35. The minimum absolute atomic E-state index is 0.176. The van der Waals surface area contributed by atoms with Gasteiger partial charge in [0.05, 0.1) is 18.0 Å². The number of nitrogens with one attached hydrogen (secondary N) is 1. The maximum absolute atomic E-state index is 13.0. The van der Waals surface area contributed by atoms with E-state index < -0.39 is 6.10 Å². The number of aryl methyl sites for hydroxylation is 1. The fourth-order valence-corrected chi connectivity index (χ4v) is 2.66. The molecule has 0 fully saturated rings. The van der Waals surface area contributed by atoms with Gasteiger partial charge in [0, 0.05) is 24.7 Å². The normalized spacial score (nSPS) is 18.0. The molecule has 0 saturated heterocycles. The minimum atomic E-state index is -0.676. The van der Waals surface area contributed by atoms with Crippen LogP contribution in [0.15, 0.2) is 35.6 Å². The molecule has 2 heterocycles. The zero-order valence-electron chi connectivity index (χ0n) is 13.8. The van der Waals surface area contributed by atoms with Crippen molar-refractivity contribution in [2.24, 2.45) is 12.2 Å². The summed E-state index contributed by atoms with van der Waals surface area (Å²) < 4.78 is 14.7. The predicted octanol–water partition coefficient (Wildman–Crippen LogP) is 2.24. The number of hydrogen-bond donors (Lipinski definition) is 1. The third-order valence-corrected chi connectivity index (χ3v) is 4.24. The fraction of sp³-hybridized carbons (Fsp3) is 0.353. The average molecular weight is 330 g/mol. The van der Waals surface area contributed by atoms with Crippen LogP contribution < -0.4 is 5.32 Å². The standard InChI is InChI=1S/C17H19FN4O2/c1-10(14-9-19-22(3)11(14)2)20-17(23)16-8-15(21-24-16)12-4-6-13(18)7-5-12/h4-7,9-10,16H,8H2,1-3H3,(H,20,23)/t10-,16+/m1/s1. The molecule has 1 amide bonds. The Balaban J connectivity index is 1.61. The van der Waals surface area contributed by atoms with Crippen molar-refractivity contribution in [3.8, 4) is 0 Å². The van der Waals surface area contributed by atoms with Gasteiger partial charge in [-0.25, -0.2) is 4.39 Å². The lowest BCUT2D eigenvalue weighted by molar-refractivity contribution is -0.131. The quantitative estimate of drug-likeness (QED) is 0.935. The molecule has 1 aromatic carbocycles. The van der Waals surface area contributed by atoms with E-state index in [-0.39, 0.29) is 17.8 Å². The van der Waals surface area contributed by atoms with E-state index in [0.717, 1.165) is 16.8 Å². The van der Waals surface area contributed by atoms with Gasteiger partial charge in [-0.2, -0.15) is 5.10 Å². The SMILES string of the molecule is Cc1c([C@@H](C)NC(=O)[C@@H]2CC(c3ccc(F)cc3)=NO2)cnn1C. The number of oxime groups is 1. The lowest BCUT2D eigenvalue weighted by Gasteiger charge is -2.16. The van der Waals surface area contributed by atoms with Gasteiger partial charge in [-0.15, -0.1) is 0 Å². The molecule has 126 valence electrons. The van der Waals surface area contributed by atoms with Crippen LogP contribution in [-0.4, -0.2) is 27.5 Å². The summed E-state index contributed by atoms with van der Waals surface area (Å²) in [4.78, 5) is 17.6. The molecule has 24 heavy (non-hydrogen) atoms. The highest BCUT2D eigenvalue weighted by molar-refractivity contribution is 6.04. The molecule has 1 aromatic heterocycles. The van der Waals surface area contributed by atoms with Crippen LogP contribution in [0.3, 0.4) is 0 Å². The topological polar surface area (TPSA) is 68.5 Å². The number of carbonyl (C=O) groups is 1. The van der Waals surface area contributed by atoms with Gasteiger partial charge in [-0.3, -0.25) is 9.48 Å². The summed E-state index contributed by atoms with van der Waals surface area (Å²) >= 11 is 0. The molecule has 2 aromatic rings. The molecule has 0 aliphatic carbocycles. The van der Waals surface area contributed by atoms with Crippen LogP contribution in [0.4, 0.5) is 4.39 Å². The molecule has 3 rings (SSSR count). The van der Waals surface area contributed by atoms with Gasteiger partial charge in [0.1, 0.15) is 5.82 Å². The maximum Gasteiger partial charge on any atom is 0.264 e. The monoisotopic (exact) mass is 330 g/mol. The first kappa shape index (κ1) is 16.2. The molecule has 2 atom stereocenters. The van der Waals surface area contributed by atoms with Crippen LogP contribution >= 0.6 is 0 Å². The first-order chi connectivity index (χ1) is 11.5. The maximum atomic E-state index is 13.0. The van der Waals surface area contributed by atoms with Crippen molar-refractivity contribution < 1.29 is 14.0 Å². The molecule has 0 unspecified atom stereocenters. The highest BCUT2D eigenvalue weighted by Crippen LogP contribution is 2.20. The number of rotatable bonds is 4. The van der Waals surface area contributed by atoms with Gasteiger partial charge in [-0.05, 0) is 31.5 Å². The second-order valence-electron chi connectivity index (χ2n) is 5.88. The van der Waals surface area contributed by atoms with Crippen LogP contribution in [0, 0.1) is 12.7 Å². The smallest absolute Gasteiger partial charge is 0.264 e. The Labute approximate surface area is 139 Å². The third kappa shape index (κ3) is 3.15. The van der Waals surface area contributed by atoms with Gasteiger partial charge < -0.3 is 10.2 Å². The van der Waals surface area contributed by atoms with Crippen molar-refractivity contribution in [3.05, 3.63) is 53.1 Å².